The summed E-state index contributed by atoms with van der Waals surface area (Å²) in [5.41, 5.74) is 9.06. The SMILES string of the molecule is Cc1cc(C=C(C#N)C(N)=O)c(C)n1-c1cccc2ccccc12. The van der Waals surface area contributed by atoms with Crippen LogP contribution in [0.2, 0.25) is 0 Å². The van der Waals surface area contributed by atoms with Gasteiger partial charge in [0.25, 0.3) is 5.91 Å². The van der Waals surface area contributed by atoms with Crippen molar-refractivity contribution in [2.45, 2.75) is 13.8 Å². The Balaban J connectivity index is 2.24. The number of amides is 1. The molecule has 1 heterocycles. The van der Waals surface area contributed by atoms with Crippen molar-refractivity contribution in [1.82, 2.24) is 4.57 Å². The van der Waals surface area contributed by atoms with Crippen LogP contribution in [0, 0.1) is 25.2 Å². The quantitative estimate of drug-likeness (QED) is 0.592. The molecule has 0 spiro atoms. The van der Waals surface area contributed by atoms with Crippen LogP contribution < -0.4 is 5.73 Å². The molecular formula is C20H17N3O. The zero-order valence-corrected chi connectivity index (χ0v) is 13.6. The van der Waals surface area contributed by atoms with E-state index in [4.69, 9.17) is 11.0 Å². The first-order chi connectivity index (χ1) is 11.5. The molecule has 0 aliphatic heterocycles. The van der Waals surface area contributed by atoms with E-state index in [0.29, 0.717) is 0 Å². The lowest BCUT2D eigenvalue weighted by atomic mass is 10.1. The fourth-order valence-corrected chi connectivity index (χ4v) is 3.02. The number of hydrogen-bond donors (Lipinski definition) is 1. The largest absolute Gasteiger partial charge is 0.365 e. The van der Waals surface area contributed by atoms with Crippen molar-refractivity contribution in [3.8, 4) is 11.8 Å². The molecular weight excluding hydrogens is 298 g/mol. The normalized spacial score (nSPS) is 11.5. The molecule has 1 amide bonds. The summed E-state index contributed by atoms with van der Waals surface area (Å²) >= 11 is 0. The average Bonchev–Trinajstić information content (AvgIpc) is 2.85. The maximum absolute atomic E-state index is 11.3. The van der Waals surface area contributed by atoms with E-state index in [1.54, 1.807) is 6.08 Å². The summed E-state index contributed by atoms with van der Waals surface area (Å²) in [6.45, 7) is 3.97. The minimum Gasteiger partial charge on any atom is -0.365 e. The predicted molar refractivity (Wildman–Crippen MR) is 95.5 cm³/mol. The van der Waals surface area contributed by atoms with Crippen molar-refractivity contribution in [3.05, 3.63) is 71.1 Å². The molecule has 0 unspecified atom stereocenters. The van der Waals surface area contributed by atoms with E-state index in [9.17, 15) is 4.79 Å². The van der Waals surface area contributed by atoms with Gasteiger partial charge in [-0.1, -0.05) is 36.4 Å². The second-order valence-electron chi connectivity index (χ2n) is 5.69. The van der Waals surface area contributed by atoms with Crippen molar-refractivity contribution in [1.29, 1.82) is 5.26 Å². The number of nitrogens with two attached hydrogens (primary N) is 1. The Kier molecular flexibility index (Phi) is 3.93. The smallest absolute Gasteiger partial charge is 0.259 e. The Bertz CT molecular complexity index is 1010. The third-order valence-electron chi connectivity index (χ3n) is 4.16. The van der Waals surface area contributed by atoms with Crippen LogP contribution in [0.5, 0.6) is 0 Å². The summed E-state index contributed by atoms with van der Waals surface area (Å²) in [7, 11) is 0. The molecule has 3 aromatic rings. The van der Waals surface area contributed by atoms with Gasteiger partial charge in [-0.3, -0.25) is 4.79 Å². The molecule has 4 nitrogen and oxygen atoms in total. The zero-order chi connectivity index (χ0) is 17.3. The van der Waals surface area contributed by atoms with Crippen molar-refractivity contribution >= 4 is 22.8 Å². The fraction of sp³-hybridized carbons (Fsp3) is 0.100. The Morgan fingerprint density at radius 1 is 1.17 bits per heavy atom. The van der Waals surface area contributed by atoms with Gasteiger partial charge >= 0.3 is 0 Å². The number of nitrogens with zero attached hydrogens (tertiary/aromatic N) is 2. The number of hydrogen-bond acceptors (Lipinski definition) is 2. The average molecular weight is 315 g/mol. The number of fused-ring (bicyclic) bond motifs is 1. The summed E-state index contributed by atoms with van der Waals surface area (Å²) in [6, 6.07) is 18.2. The summed E-state index contributed by atoms with van der Waals surface area (Å²) in [5, 5.41) is 11.4. The monoisotopic (exact) mass is 315 g/mol. The van der Waals surface area contributed by atoms with Crippen LogP contribution in [0.4, 0.5) is 0 Å². The third kappa shape index (κ3) is 2.57. The van der Waals surface area contributed by atoms with Gasteiger partial charge in [0.1, 0.15) is 11.6 Å². The van der Waals surface area contributed by atoms with E-state index in [2.05, 4.69) is 28.8 Å². The van der Waals surface area contributed by atoms with Crippen molar-refractivity contribution in [2.24, 2.45) is 5.73 Å². The highest BCUT2D eigenvalue weighted by Crippen LogP contribution is 2.28. The van der Waals surface area contributed by atoms with Gasteiger partial charge < -0.3 is 10.3 Å². The van der Waals surface area contributed by atoms with Crippen LogP contribution in [-0.2, 0) is 4.79 Å². The van der Waals surface area contributed by atoms with Gasteiger partial charge in [-0.2, -0.15) is 5.26 Å². The van der Waals surface area contributed by atoms with E-state index in [-0.39, 0.29) is 5.57 Å². The number of rotatable bonds is 3. The van der Waals surface area contributed by atoms with Gasteiger partial charge in [-0.25, -0.2) is 0 Å². The molecule has 24 heavy (non-hydrogen) atoms. The van der Waals surface area contributed by atoms with Crippen molar-refractivity contribution in [2.75, 3.05) is 0 Å². The highest BCUT2D eigenvalue weighted by atomic mass is 16.1. The minimum absolute atomic E-state index is 0.0480. The molecule has 0 atom stereocenters. The highest BCUT2D eigenvalue weighted by Gasteiger charge is 2.13. The number of carbonyl (C=O) groups excluding carboxylic acids is 1. The number of aryl methyl sites for hydroxylation is 1. The molecule has 0 fully saturated rings. The second kappa shape index (κ2) is 6.05. The second-order valence-corrected chi connectivity index (χ2v) is 5.69. The van der Waals surface area contributed by atoms with Crippen LogP contribution in [0.3, 0.4) is 0 Å². The standard InChI is InChI=1S/C20H17N3O/c1-13-10-16(11-17(12-21)20(22)24)14(2)23(13)19-9-5-7-15-6-3-4-8-18(15)19/h3-11H,1-2H3,(H2,22,24). The van der Waals surface area contributed by atoms with E-state index < -0.39 is 5.91 Å². The zero-order valence-electron chi connectivity index (χ0n) is 13.6. The molecule has 0 saturated heterocycles. The number of primary amides is 1. The summed E-state index contributed by atoms with van der Waals surface area (Å²) < 4.78 is 2.13. The van der Waals surface area contributed by atoms with Crippen LogP contribution in [0.1, 0.15) is 17.0 Å². The highest BCUT2D eigenvalue weighted by molar-refractivity contribution is 6.00. The number of carbonyl (C=O) groups is 1. The Hall–Kier alpha value is -3.32. The fourth-order valence-electron chi connectivity index (χ4n) is 3.02. The summed E-state index contributed by atoms with van der Waals surface area (Å²) in [4.78, 5) is 11.3. The molecule has 0 saturated carbocycles. The van der Waals surface area contributed by atoms with Gasteiger partial charge in [0, 0.05) is 16.8 Å². The number of aromatic nitrogens is 1. The van der Waals surface area contributed by atoms with Gasteiger partial charge in [0.2, 0.25) is 0 Å². The first-order valence-electron chi connectivity index (χ1n) is 7.61. The molecule has 0 bridgehead atoms. The van der Waals surface area contributed by atoms with E-state index >= 15 is 0 Å². The number of benzene rings is 2. The maximum atomic E-state index is 11.3. The van der Waals surface area contributed by atoms with E-state index in [1.807, 2.05) is 44.2 Å². The lowest BCUT2D eigenvalue weighted by Crippen LogP contribution is -2.12. The minimum atomic E-state index is -0.715. The summed E-state index contributed by atoms with van der Waals surface area (Å²) in [5.74, 6) is -0.715. The van der Waals surface area contributed by atoms with Gasteiger partial charge in [-0.05, 0) is 43.0 Å². The van der Waals surface area contributed by atoms with Gasteiger partial charge in [0.05, 0.1) is 5.69 Å². The Morgan fingerprint density at radius 3 is 2.58 bits per heavy atom. The molecule has 0 aliphatic rings. The molecule has 2 N–H and O–H groups in total. The number of nitriles is 1. The van der Waals surface area contributed by atoms with Gasteiger partial charge in [0.15, 0.2) is 0 Å². The van der Waals surface area contributed by atoms with Crippen molar-refractivity contribution < 1.29 is 4.79 Å². The molecule has 3 rings (SSSR count). The molecule has 0 radical (unpaired) electrons. The molecule has 0 aliphatic carbocycles. The molecule has 1 aromatic heterocycles. The molecule has 4 heteroatoms. The maximum Gasteiger partial charge on any atom is 0.259 e. The van der Waals surface area contributed by atoms with Crippen LogP contribution in [-0.4, -0.2) is 10.5 Å². The lowest BCUT2D eigenvalue weighted by Gasteiger charge is -2.13. The topological polar surface area (TPSA) is 71.8 Å². The third-order valence-corrected chi connectivity index (χ3v) is 4.16. The predicted octanol–water partition coefficient (Wildman–Crippen LogP) is 3.64. The van der Waals surface area contributed by atoms with E-state index in [0.717, 1.165) is 33.4 Å². The van der Waals surface area contributed by atoms with Crippen LogP contribution >= 0.6 is 0 Å². The molecule has 118 valence electrons. The first-order valence-corrected chi connectivity index (χ1v) is 7.61. The molecule has 2 aromatic carbocycles. The van der Waals surface area contributed by atoms with Crippen molar-refractivity contribution in [3.63, 3.8) is 0 Å². The summed E-state index contributed by atoms with van der Waals surface area (Å²) in [6.07, 6.45) is 1.55. The van der Waals surface area contributed by atoms with Crippen LogP contribution in [0.25, 0.3) is 22.5 Å². The first kappa shape index (κ1) is 15.6. The van der Waals surface area contributed by atoms with E-state index in [1.165, 1.54) is 0 Å². The Labute approximate surface area is 140 Å². The lowest BCUT2D eigenvalue weighted by molar-refractivity contribution is -0.114. The van der Waals surface area contributed by atoms with Crippen LogP contribution in [0.15, 0.2) is 54.1 Å². The Morgan fingerprint density at radius 2 is 1.88 bits per heavy atom. The van der Waals surface area contributed by atoms with Gasteiger partial charge in [-0.15, -0.1) is 0 Å².